The van der Waals surface area contributed by atoms with Crippen LogP contribution < -0.4 is 15.7 Å². The van der Waals surface area contributed by atoms with Crippen molar-refractivity contribution in [1.29, 1.82) is 0 Å². The molecule has 4 nitrogen and oxygen atoms in total. The Morgan fingerprint density at radius 3 is 1.22 bits per heavy atom. The normalized spacial score (nSPS) is 12.5. The van der Waals surface area contributed by atoms with Gasteiger partial charge in [0.1, 0.15) is 0 Å². The highest BCUT2D eigenvalue weighted by atomic mass is 28.3. The minimum Gasteiger partial charge on any atom is -0.481 e. The van der Waals surface area contributed by atoms with Crippen LogP contribution in [0.1, 0.15) is 99.8 Å². The van der Waals surface area contributed by atoms with Gasteiger partial charge < -0.3 is 10.4 Å². The average Bonchev–Trinajstić information content (AvgIpc) is 2.87. The highest BCUT2D eigenvalue weighted by Crippen LogP contribution is 2.42. The van der Waals surface area contributed by atoms with Gasteiger partial charge in [0.05, 0.1) is 30.4 Å². The van der Waals surface area contributed by atoms with Crippen molar-refractivity contribution in [3.05, 3.63) is 95.6 Å². The lowest BCUT2D eigenvalue weighted by Crippen LogP contribution is -2.45. The summed E-state index contributed by atoms with van der Waals surface area (Å²) in [7, 11) is -2.35. The van der Waals surface area contributed by atoms with Crippen LogP contribution in [-0.2, 0) is 29.0 Å². The second kappa shape index (κ2) is 15.5. The monoisotopic (exact) mass is 645 g/mol. The molecule has 246 valence electrons. The Hall–Kier alpha value is -2.97. The van der Waals surface area contributed by atoms with Crippen LogP contribution in [0.4, 0.5) is 0 Å². The summed E-state index contributed by atoms with van der Waals surface area (Å²) in [6.07, 6.45) is 0.544. The number of carboxylic acid groups (broad SMARTS) is 1. The van der Waals surface area contributed by atoms with Crippen molar-refractivity contribution < 1.29 is 14.7 Å². The first-order valence-corrected chi connectivity index (χ1v) is 19.8. The molecule has 3 aromatic carbocycles. The fraction of sp³-hybridized carbons (Fsp3) is 0.487. The SMILES string of the molecule is CC(C)(C)[SiH](c1ccc(CC(=O)NCc2ccccc2)cc1)C(C)(C)C.CC(C)(C)[SiH](c1ccc(CC(=O)O)cc1)C(C)(C)C. The van der Waals surface area contributed by atoms with Crippen LogP contribution in [0.15, 0.2) is 78.9 Å². The summed E-state index contributed by atoms with van der Waals surface area (Å²) < 4.78 is 0. The predicted molar refractivity (Wildman–Crippen MR) is 199 cm³/mol. The standard InChI is InChI=1S/C23H33NOSi.C16H26O2Si/c1-22(2,3)26(23(4,5)6)20-14-12-18(13-15-20)16-21(25)24-17-19-10-8-7-9-11-19;1-15(2,3)19(16(4,5)6)13-9-7-12(8-10-13)11-14(17)18/h7-15,26H,16-17H2,1-6H3,(H,24,25);7-10,19H,11H2,1-6H3,(H,17,18). The van der Waals surface area contributed by atoms with E-state index in [1.165, 1.54) is 10.4 Å². The number of amides is 1. The molecule has 45 heavy (non-hydrogen) atoms. The first-order valence-electron chi connectivity index (χ1n) is 16.3. The molecule has 0 unspecified atom stereocenters. The van der Waals surface area contributed by atoms with Crippen LogP contribution >= 0.6 is 0 Å². The molecule has 0 radical (unpaired) electrons. The molecule has 0 spiro atoms. The van der Waals surface area contributed by atoms with Crippen LogP contribution in [0.3, 0.4) is 0 Å². The molecule has 6 heteroatoms. The number of benzene rings is 3. The van der Waals surface area contributed by atoms with E-state index >= 15 is 0 Å². The molecule has 1 amide bonds. The zero-order valence-corrected chi connectivity index (χ0v) is 32.4. The molecule has 2 N–H and O–H groups in total. The van der Waals surface area contributed by atoms with Gasteiger partial charge in [-0.3, -0.25) is 9.59 Å². The summed E-state index contributed by atoms with van der Waals surface area (Å²) >= 11 is 0. The number of carbonyl (C=O) groups excluding carboxylic acids is 1. The summed E-state index contributed by atoms with van der Waals surface area (Å²) in [4.78, 5) is 22.9. The molecule has 0 aliphatic heterocycles. The average molecular weight is 646 g/mol. The van der Waals surface area contributed by atoms with Crippen molar-refractivity contribution in [3.63, 3.8) is 0 Å². The third-order valence-corrected chi connectivity index (χ3v) is 17.2. The number of aliphatic carboxylic acids is 1. The Morgan fingerprint density at radius 1 is 0.533 bits per heavy atom. The third-order valence-electron chi connectivity index (χ3n) is 8.14. The Balaban J connectivity index is 0.000000330. The van der Waals surface area contributed by atoms with Gasteiger partial charge >= 0.3 is 5.97 Å². The van der Waals surface area contributed by atoms with Gasteiger partial charge in [-0.25, -0.2) is 0 Å². The lowest BCUT2D eigenvalue weighted by molar-refractivity contribution is -0.136. The first kappa shape index (κ1) is 38.2. The maximum Gasteiger partial charge on any atom is 0.307 e. The van der Waals surface area contributed by atoms with Gasteiger partial charge in [-0.1, -0.05) is 172 Å². The summed E-state index contributed by atoms with van der Waals surface area (Å²) in [6, 6.07) is 27.0. The molecule has 3 rings (SSSR count). The smallest absolute Gasteiger partial charge is 0.307 e. The molecule has 0 aliphatic rings. The molecule has 0 fully saturated rings. The van der Waals surface area contributed by atoms with E-state index in [2.05, 4.69) is 125 Å². The van der Waals surface area contributed by atoms with Crippen LogP contribution in [-0.4, -0.2) is 34.6 Å². The fourth-order valence-electron chi connectivity index (χ4n) is 7.47. The summed E-state index contributed by atoms with van der Waals surface area (Å²) in [6.45, 7) is 28.7. The van der Waals surface area contributed by atoms with Gasteiger partial charge in [0, 0.05) is 6.54 Å². The van der Waals surface area contributed by atoms with Crippen molar-refractivity contribution in [2.75, 3.05) is 0 Å². The van der Waals surface area contributed by atoms with Crippen molar-refractivity contribution >= 4 is 39.8 Å². The fourth-order valence-corrected chi connectivity index (χ4v) is 17.8. The largest absolute Gasteiger partial charge is 0.481 e. The van der Waals surface area contributed by atoms with Gasteiger partial charge in [0.2, 0.25) is 5.91 Å². The van der Waals surface area contributed by atoms with E-state index in [4.69, 9.17) is 5.11 Å². The van der Waals surface area contributed by atoms with E-state index in [0.29, 0.717) is 33.1 Å². The van der Waals surface area contributed by atoms with Crippen LogP contribution in [0.5, 0.6) is 0 Å². The molecule has 0 bridgehead atoms. The maximum absolute atomic E-state index is 12.2. The second-order valence-corrected chi connectivity index (χ2v) is 26.8. The van der Waals surface area contributed by atoms with Gasteiger partial charge in [-0.05, 0) is 36.8 Å². The summed E-state index contributed by atoms with van der Waals surface area (Å²) in [5.41, 5.74) is 3.09. The lowest BCUT2D eigenvalue weighted by Gasteiger charge is -2.40. The van der Waals surface area contributed by atoms with E-state index < -0.39 is 23.6 Å². The highest BCUT2D eigenvalue weighted by molar-refractivity contribution is 6.78. The highest BCUT2D eigenvalue weighted by Gasteiger charge is 2.38. The minimum absolute atomic E-state index is 0.0713. The molecular formula is C39H59NO3Si2. The third kappa shape index (κ3) is 12.7. The molecule has 0 saturated carbocycles. The second-order valence-electron chi connectivity index (χ2n) is 16.8. The number of hydrogen-bond donors (Lipinski definition) is 2. The maximum atomic E-state index is 12.2. The topological polar surface area (TPSA) is 66.4 Å². The van der Waals surface area contributed by atoms with Gasteiger partial charge in [-0.2, -0.15) is 0 Å². The van der Waals surface area contributed by atoms with Crippen molar-refractivity contribution in [3.8, 4) is 0 Å². The van der Waals surface area contributed by atoms with E-state index in [9.17, 15) is 9.59 Å². The van der Waals surface area contributed by atoms with Crippen LogP contribution in [0, 0.1) is 0 Å². The van der Waals surface area contributed by atoms with Crippen LogP contribution in [0.25, 0.3) is 0 Å². The van der Waals surface area contributed by atoms with Crippen LogP contribution in [0.2, 0.25) is 20.2 Å². The Labute approximate surface area is 277 Å². The first-order chi connectivity index (χ1) is 20.6. The van der Waals surface area contributed by atoms with Crippen molar-refractivity contribution in [2.45, 2.75) is 123 Å². The molecular weight excluding hydrogens is 587 g/mol. The summed E-state index contributed by atoms with van der Waals surface area (Å²) in [5.74, 6) is -0.699. The minimum atomic E-state index is -1.18. The number of rotatable bonds is 8. The van der Waals surface area contributed by atoms with Gasteiger partial charge in [0.15, 0.2) is 0 Å². The molecule has 0 saturated heterocycles. The van der Waals surface area contributed by atoms with E-state index in [1.807, 2.05) is 42.5 Å². The Morgan fingerprint density at radius 2 is 0.889 bits per heavy atom. The van der Waals surface area contributed by atoms with E-state index in [1.54, 1.807) is 0 Å². The molecule has 0 atom stereocenters. The van der Waals surface area contributed by atoms with Gasteiger partial charge in [0.25, 0.3) is 0 Å². The van der Waals surface area contributed by atoms with Crippen molar-refractivity contribution in [2.24, 2.45) is 0 Å². The van der Waals surface area contributed by atoms with E-state index in [0.717, 1.165) is 16.7 Å². The Bertz CT molecular complexity index is 1330. The number of nitrogens with one attached hydrogen (secondary N) is 1. The zero-order chi connectivity index (χ0) is 34.2. The lowest BCUT2D eigenvalue weighted by atomic mass is 10.1. The van der Waals surface area contributed by atoms with E-state index in [-0.39, 0.29) is 12.3 Å². The number of carboxylic acids is 1. The number of hydrogen-bond acceptors (Lipinski definition) is 2. The molecule has 0 heterocycles. The zero-order valence-electron chi connectivity index (χ0n) is 30.0. The molecule has 3 aromatic rings. The predicted octanol–water partition coefficient (Wildman–Crippen LogP) is 7.93. The molecule has 0 aliphatic carbocycles. The number of carbonyl (C=O) groups is 2. The van der Waals surface area contributed by atoms with Crippen molar-refractivity contribution in [1.82, 2.24) is 5.32 Å². The molecule has 0 aromatic heterocycles. The summed E-state index contributed by atoms with van der Waals surface area (Å²) in [5, 5.41) is 16.0. The quantitative estimate of drug-likeness (QED) is 0.245. The Kier molecular flexibility index (Phi) is 13.2. The van der Waals surface area contributed by atoms with Gasteiger partial charge in [-0.15, -0.1) is 0 Å².